The number of ether oxygens (including phenoxy) is 2. The predicted molar refractivity (Wildman–Crippen MR) is 118 cm³/mol. The maximum atomic E-state index is 13.2. The van der Waals surface area contributed by atoms with Crippen LogP contribution in [0.1, 0.15) is 11.1 Å². The Morgan fingerprint density at radius 2 is 1.69 bits per heavy atom. The molecule has 0 amide bonds. The molecule has 0 N–H and O–H groups in total. The second-order valence-electron chi connectivity index (χ2n) is 6.73. The van der Waals surface area contributed by atoms with Crippen molar-refractivity contribution in [2.24, 2.45) is 0 Å². The summed E-state index contributed by atoms with van der Waals surface area (Å²) in [5, 5.41) is 0.499. The molecule has 0 aliphatic carbocycles. The van der Waals surface area contributed by atoms with Gasteiger partial charge in [0.2, 0.25) is 11.2 Å². The monoisotopic (exact) mass is 450 g/mol. The zero-order valence-corrected chi connectivity index (χ0v) is 17.7. The van der Waals surface area contributed by atoms with E-state index in [1.54, 1.807) is 13.2 Å². The molecule has 4 aromatic rings. The van der Waals surface area contributed by atoms with E-state index in [0.717, 1.165) is 26.9 Å². The van der Waals surface area contributed by atoms with Crippen molar-refractivity contribution in [1.82, 2.24) is 0 Å². The van der Waals surface area contributed by atoms with E-state index in [1.165, 1.54) is 0 Å². The number of aryl methyl sites for hydroxylation is 1. The molecule has 0 aliphatic rings. The lowest BCUT2D eigenvalue weighted by Gasteiger charge is -2.12. The Balaban J connectivity index is 1.82. The molecule has 0 unspecified atom stereocenters. The molecule has 0 spiro atoms. The summed E-state index contributed by atoms with van der Waals surface area (Å²) in [5.74, 6) is 1.34. The fraction of sp³-hybridized carbons (Fsp3) is 0.125. The van der Waals surface area contributed by atoms with Crippen molar-refractivity contribution in [2.75, 3.05) is 7.11 Å². The lowest BCUT2D eigenvalue weighted by Crippen LogP contribution is -2.10. The Morgan fingerprint density at radius 1 is 0.966 bits per heavy atom. The molecule has 0 bridgehead atoms. The van der Waals surface area contributed by atoms with E-state index in [1.807, 2.05) is 67.6 Å². The number of benzene rings is 3. The van der Waals surface area contributed by atoms with Crippen molar-refractivity contribution >= 4 is 26.9 Å². The molecule has 1 heterocycles. The van der Waals surface area contributed by atoms with Crippen LogP contribution in [0.3, 0.4) is 0 Å². The van der Waals surface area contributed by atoms with E-state index in [2.05, 4.69) is 15.9 Å². The van der Waals surface area contributed by atoms with Gasteiger partial charge in [0, 0.05) is 10.0 Å². The van der Waals surface area contributed by atoms with Crippen molar-refractivity contribution in [1.29, 1.82) is 0 Å². The topological polar surface area (TPSA) is 48.7 Å². The highest BCUT2D eigenvalue weighted by molar-refractivity contribution is 9.10. The number of fused-ring (bicyclic) bond motifs is 1. The molecule has 0 fully saturated rings. The molecule has 0 saturated carbocycles. The normalized spacial score (nSPS) is 10.9. The summed E-state index contributed by atoms with van der Waals surface area (Å²) in [6.45, 7) is 2.23. The van der Waals surface area contributed by atoms with Crippen molar-refractivity contribution in [2.45, 2.75) is 13.5 Å². The molecule has 5 heteroatoms. The third-order valence-corrected chi connectivity index (χ3v) is 5.18. The van der Waals surface area contributed by atoms with Crippen LogP contribution in [0.5, 0.6) is 11.5 Å². The van der Waals surface area contributed by atoms with Crippen LogP contribution in [0.2, 0.25) is 0 Å². The van der Waals surface area contributed by atoms with Crippen molar-refractivity contribution in [3.05, 3.63) is 92.6 Å². The molecule has 4 nitrogen and oxygen atoms in total. The number of halogens is 1. The van der Waals surface area contributed by atoms with Crippen LogP contribution >= 0.6 is 15.9 Å². The van der Waals surface area contributed by atoms with E-state index in [4.69, 9.17) is 13.9 Å². The van der Waals surface area contributed by atoms with E-state index < -0.39 is 0 Å². The van der Waals surface area contributed by atoms with Gasteiger partial charge in [0.25, 0.3) is 0 Å². The summed E-state index contributed by atoms with van der Waals surface area (Å²) in [7, 11) is 1.61. The average Bonchev–Trinajstić information content (AvgIpc) is 2.74. The molecular weight excluding hydrogens is 432 g/mol. The second kappa shape index (κ2) is 8.13. The molecule has 0 saturated heterocycles. The van der Waals surface area contributed by atoms with Crippen LogP contribution in [0.25, 0.3) is 22.3 Å². The minimum Gasteiger partial charge on any atom is -0.497 e. The highest BCUT2D eigenvalue weighted by atomic mass is 79.9. The largest absolute Gasteiger partial charge is 0.497 e. The zero-order valence-electron chi connectivity index (χ0n) is 16.1. The summed E-state index contributed by atoms with van der Waals surface area (Å²) in [6.07, 6.45) is 0. The summed E-state index contributed by atoms with van der Waals surface area (Å²) >= 11 is 3.42. The summed E-state index contributed by atoms with van der Waals surface area (Å²) < 4.78 is 18.4. The Kier molecular flexibility index (Phi) is 5.41. The first-order valence-corrected chi connectivity index (χ1v) is 9.93. The first-order chi connectivity index (χ1) is 14.0. The molecule has 0 aliphatic heterocycles. The van der Waals surface area contributed by atoms with E-state index in [9.17, 15) is 4.79 Å². The van der Waals surface area contributed by atoms with E-state index >= 15 is 0 Å². The summed E-state index contributed by atoms with van der Waals surface area (Å²) in [6, 6.07) is 20.7. The Bertz CT molecular complexity index is 1210. The van der Waals surface area contributed by atoms with Crippen LogP contribution in [-0.2, 0) is 6.61 Å². The van der Waals surface area contributed by atoms with Crippen LogP contribution in [0, 0.1) is 6.92 Å². The number of methoxy groups -OCH3 is 1. The first kappa shape index (κ1) is 19.3. The summed E-state index contributed by atoms with van der Waals surface area (Å²) in [4.78, 5) is 13.2. The fourth-order valence-electron chi connectivity index (χ4n) is 3.08. The minimum absolute atomic E-state index is 0.186. The smallest absolute Gasteiger partial charge is 0.235 e. The molecule has 0 radical (unpaired) electrons. The number of rotatable bonds is 5. The molecule has 29 heavy (non-hydrogen) atoms. The van der Waals surface area contributed by atoms with Crippen LogP contribution < -0.4 is 14.9 Å². The SMILES string of the molecule is COc1ccc(-c2oc3cc(C)ccc3c(=O)c2OCc2ccc(Br)cc2)cc1. The number of hydrogen-bond acceptors (Lipinski definition) is 4. The first-order valence-electron chi connectivity index (χ1n) is 9.14. The Hall–Kier alpha value is -3.05. The molecule has 4 rings (SSSR count). The standard InChI is InChI=1S/C24H19BrO4/c1-15-3-12-20-21(13-15)29-23(17-6-10-19(27-2)11-7-17)24(22(20)26)28-14-16-4-8-18(25)9-5-16/h3-13H,14H2,1-2H3. The van der Waals surface area contributed by atoms with Gasteiger partial charge in [-0.15, -0.1) is 0 Å². The highest BCUT2D eigenvalue weighted by Crippen LogP contribution is 2.32. The van der Waals surface area contributed by atoms with E-state index in [0.29, 0.717) is 16.7 Å². The fourth-order valence-corrected chi connectivity index (χ4v) is 3.35. The van der Waals surface area contributed by atoms with Gasteiger partial charge in [0.15, 0.2) is 5.76 Å². The third kappa shape index (κ3) is 4.05. The van der Waals surface area contributed by atoms with Gasteiger partial charge in [-0.05, 0) is 66.6 Å². The van der Waals surface area contributed by atoms with Gasteiger partial charge in [0.05, 0.1) is 12.5 Å². The predicted octanol–water partition coefficient (Wildman–Crippen LogP) is 6.12. The molecule has 3 aromatic carbocycles. The average molecular weight is 451 g/mol. The molecular formula is C24H19BrO4. The maximum absolute atomic E-state index is 13.2. The van der Waals surface area contributed by atoms with E-state index in [-0.39, 0.29) is 17.8 Å². The van der Waals surface area contributed by atoms with Gasteiger partial charge < -0.3 is 13.9 Å². The maximum Gasteiger partial charge on any atom is 0.235 e. The minimum atomic E-state index is -0.186. The van der Waals surface area contributed by atoms with Gasteiger partial charge in [-0.3, -0.25) is 4.79 Å². The zero-order chi connectivity index (χ0) is 20.4. The van der Waals surface area contributed by atoms with Crippen LogP contribution in [-0.4, -0.2) is 7.11 Å². The lowest BCUT2D eigenvalue weighted by molar-refractivity contribution is 0.298. The van der Waals surface area contributed by atoms with Gasteiger partial charge >= 0.3 is 0 Å². The second-order valence-corrected chi connectivity index (χ2v) is 7.65. The Morgan fingerprint density at radius 3 is 2.38 bits per heavy atom. The molecule has 1 aromatic heterocycles. The highest BCUT2D eigenvalue weighted by Gasteiger charge is 2.18. The van der Waals surface area contributed by atoms with Gasteiger partial charge in [-0.2, -0.15) is 0 Å². The van der Waals surface area contributed by atoms with Gasteiger partial charge in [0.1, 0.15) is 17.9 Å². The van der Waals surface area contributed by atoms with Gasteiger partial charge in [-0.25, -0.2) is 0 Å². The van der Waals surface area contributed by atoms with Crippen LogP contribution in [0.4, 0.5) is 0 Å². The quantitative estimate of drug-likeness (QED) is 0.367. The van der Waals surface area contributed by atoms with Crippen molar-refractivity contribution < 1.29 is 13.9 Å². The number of hydrogen-bond donors (Lipinski definition) is 0. The lowest BCUT2D eigenvalue weighted by atomic mass is 10.1. The van der Waals surface area contributed by atoms with Crippen LogP contribution in [0.15, 0.2) is 80.4 Å². The summed E-state index contributed by atoms with van der Waals surface area (Å²) in [5.41, 5.74) is 3.07. The molecule has 0 atom stereocenters. The molecule has 146 valence electrons. The van der Waals surface area contributed by atoms with Gasteiger partial charge in [-0.1, -0.05) is 34.1 Å². The van der Waals surface area contributed by atoms with Crippen molar-refractivity contribution in [3.8, 4) is 22.8 Å². The van der Waals surface area contributed by atoms with Crippen molar-refractivity contribution in [3.63, 3.8) is 0 Å². The third-order valence-electron chi connectivity index (χ3n) is 4.65. The Labute approximate surface area is 176 Å².